The van der Waals surface area contributed by atoms with Gasteiger partial charge in [0.15, 0.2) is 17.8 Å². The first-order chi connectivity index (χ1) is 7.83. The highest BCUT2D eigenvalue weighted by Crippen LogP contribution is 2.29. The molecule has 4 heteroatoms. The normalized spacial score (nSPS) is 9.88. The Morgan fingerprint density at radius 3 is 2.69 bits per heavy atom. The quantitative estimate of drug-likeness (QED) is 0.524. The fourth-order valence-corrected chi connectivity index (χ4v) is 1.32. The van der Waals surface area contributed by atoms with E-state index in [1.54, 1.807) is 32.4 Å². The SMILES string of the molecule is COCCCOc1c(C=O)cccc1OC. The van der Waals surface area contributed by atoms with Crippen LogP contribution in [-0.4, -0.2) is 33.7 Å². The van der Waals surface area contributed by atoms with Crippen LogP contribution in [0, 0.1) is 0 Å². The molecule has 0 N–H and O–H groups in total. The molecular formula is C12H16O4. The summed E-state index contributed by atoms with van der Waals surface area (Å²) in [4.78, 5) is 10.8. The molecule has 0 unspecified atom stereocenters. The monoisotopic (exact) mass is 224 g/mol. The molecular weight excluding hydrogens is 208 g/mol. The minimum Gasteiger partial charge on any atom is -0.493 e. The van der Waals surface area contributed by atoms with E-state index < -0.39 is 0 Å². The van der Waals surface area contributed by atoms with E-state index in [1.165, 1.54) is 0 Å². The van der Waals surface area contributed by atoms with Crippen LogP contribution in [0.25, 0.3) is 0 Å². The molecule has 0 fully saturated rings. The molecule has 16 heavy (non-hydrogen) atoms. The van der Waals surface area contributed by atoms with Gasteiger partial charge < -0.3 is 14.2 Å². The summed E-state index contributed by atoms with van der Waals surface area (Å²) in [5.41, 5.74) is 0.497. The number of ether oxygens (including phenoxy) is 3. The van der Waals surface area contributed by atoms with Gasteiger partial charge in [0.2, 0.25) is 0 Å². The van der Waals surface area contributed by atoms with Gasteiger partial charge in [0, 0.05) is 20.1 Å². The Balaban J connectivity index is 2.71. The molecule has 0 bridgehead atoms. The van der Waals surface area contributed by atoms with Crippen LogP contribution in [0.5, 0.6) is 11.5 Å². The fourth-order valence-electron chi connectivity index (χ4n) is 1.32. The van der Waals surface area contributed by atoms with E-state index in [-0.39, 0.29) is 0 Å². The van der Waals surface area contributed by atoms with Crippen LogP contribution in [0.4, 0.5) is 0 Å². The number of carbonyl (C=O) groups excluding carboxylic acids is 1. The molecule has 0 aliphatic heterocycles. The summed E-state index contributed by atoms with van der Waals surface area (Å²) in [6.45, 7) is 1.13. The Morgan fingerprint density at radius 1 is 1.25 bits per heavy atom. The second-order valence-electron chi connectivity index (χ2n) is 3.19. The number of hydrogen-bond acceptors (Lipinski definition) is 4. The second-order valence-corrected chi connectivity index (χ2v) is 3.19. The van der Waals surface area contributed by atoms with Crippen molar-refractivity contribution in [2.45, 2.75) is 6.42 Å². The Morgan fingerprint density at radius 2 is 2.06 bits per heavy atom. The number of rotatable bonds is 7. The number of carbonyl (C=O) groups is 1. The third-order valence-corrected chi connectivity index (χ3v) is 2.10. The van der Waals surface area contributed by atoms with Crippen LogP contribution < -0.4 is 9.47 Å². The standard InChI is InChI=1S/C12H16O4/c1-14-7-4-8-16-12-10(9-13)5-3-6-11(12)15-2/h3,5-6,9H,4,7-8H2,1-2H3. The Kier molecular flexibility index (Phi) is 5.36. The molecule has 0 radical (unpaired) electrons. The molecule has 0 heterocycles. The van der Waals surface area contributed by atoms with Gasteiger partial charge in [-0.25, -0.2) is 0 Å². The van der Waals surface area contributed by atoms with Crippen molar-refractivity contribution in [1.29, 1.82) is 0 Å². The van der Waals surface area contributed by atoms with Crippen molar-refractivity contribution in [3.05, 3.63) is 23.8 Å². The highest BCUT2D eigenvalue weighted by Gasteiger charge is 2.09. The summed E-state index contributed by atoms with van der Waals surface area (Å²) in [6.07, 6.45) is 1.53. The predicted octanol–water partition coefficient (Wildman–Crippen LogP) is 1.92. The molecule has 1 aromatic rings. The highest BCUT2D eigenvalue weighted by molar-refractivity contribution is 5.81. The van der Waals surface area contributed by atoms with Crippen molar-refractivity contribution in [2.75, 3.05) is 27.4 Å². The first kappa shape index (κ1) is 12.5. The Bertz CT molecular complexity index is 336. The lowest BCUT2D eigenvalue weighted by molar-refractivity contribution is 0.111. The average Bonchev–Trinajstić information content (AvgIpc) is 2.34. The van der Waals surface area contributed by atoms with Gasteiger partial charge in [-0.3, -0.25) is 4.79 Å². The molecule has 0 aliphatic carbocycles. The van der Waals surface area contributed by atoms with Crippen LogP contribution in [0.2, 0.25) is 0 Å². The minimum absolute atomic E-state index is 0.495. The van der Waals surface area contributed by atoms with Crippen LogP contribution in [-0.2, 0) is 4.74 Å². The topological polar surface area (TPSA) is 44.8 Å². The molecule has 1 aromatic carbocycles. The molecule has 0 amide bonds. The summed E-state index contributed by atoms with van der Waals surface area (Å²) < 4.78 is 15.6. The lowest BCUT2D eigenvalue weighted by atomic mass is 10.2. The van der Waals surface area contributed by atoms with Crippen LogP contribution in [0.1, 0.15) is 16.8 Å². The van der Waals surface area contributed by atoms with Crippen molar-refractivity contribution >= 4 is 6.29 Å². The van der Waals surface area contributed by atoms with E-state index in [0.717, 1.165) is 12.7 Å². The minimum atomic E-state index is 0.495. The Hall–Kier alpha value is -1.55. The van der Waals surface area contributed by atoms with Gasteiger partial charge in [-0.15, -0.1) is 0 Å². The lowest BCUT2D eigenvalue weighted by Crippen LogP contribution is -2.04. The van der Waals surface area contributed by atoms with Crippen molar-refractivity contribution in [3.8, 4) is 11.5 Å². The zero-order valence-corrected chi connectivity index (χ0v) is 9.56. The van der Waals surface area contributed by atoms with Gasteiger partial charge in [-0.05, 0) is 12.1 Å². The number of aldehydes is 1. The van der Waals surface area contributed by atoms with Gasteiger partial charge in [0.25, 0.3) is 0 Å². The molecule has 88 valence electrons. The molecule has 1 rings (SSSR count). The number of hydrogen-bond donors (Lipinski definition) is 0. The molecule has 0 saturated carbocycles. The first-order valence-electron chi connectivity index (χ1n) is 5.07. The predicted molar refractivity (Wildman–Crippen MR) is 60.4 cm³/mol. The number of para-hydroxylation sites is 1. The molecule has 0 saturated heterocycles. The van der Waals surface area contributed by atoms with Gasteiger partial charge in [-0.2, -0.15) is 0 Å². The third-order valence-electron chi connectivity index (χ3n) is 2.10. The van der Waals surface area contributed by atoms with Crippen molar-refractivity contribution in [1.82, 2.24) is 0 Å². The summed E-state index contributed by atoms with van der Waals surface area (Å²) in [7, 11) is 3.19. The summed E-state index contributed by atoms with van der Waals surface area (Å²) >= 11 is 0. The van der Waals surface area contributed by atoms with Crippen molar-refractivity contribution in [3.63, 3.8) is 0 Å². The zero-order valence-electron chi connectivity index (χ0n) is 9.56. The van der Waals surface area contributed by atoms with Gasteiger partial charge in [0.05, 0.1) is 19.3 Å². The smallest absolute Gasteiger partial charge is 0.171 e. The van der Waals surface area contributed by atoms with Crippen molar-refractivity contribution in [2.24, 2.45) is 0 Å². The fraction of sp³-hybridized carbons (Fsp3) is 0.417. The maximum Gasteiger partial charge on any atom is 0.171 e. The van der Waals surface area contributed by atoms with E-state index in [4.69, 9.17) is 14.2 Å². The lowest BCUT2D eigenvalue weighted by Gasteiger charge is -2.12. The summed E-state index contributed by atoms with van der Waals surface area (Å²) in [6, 6.07) is 5.21. The van der Waals surface area contributed by atoms with E-state index in [0.29, 0.717) is 30.3 Å². The van der Waals surface area contributed by atoms with Gasteiger partial charge in [0.1, 0.15) is 0 Å². The molecule has 4 nitrogen and oxygen atoms in total. The third kappa shape index (κ3) is 3.24. The number of benzene rings is 1. The van der Waals surface area contributed by atoms with Crippen LogP contribution >= 0.6 is 0 Å². The van der Waals surface area contributed by atoms with Crippen LogP contribution in [0.15, 0.2) is 18.2 Å². The molecule has 0 spiro atoms. The Labute approximate surface area is 95.1 Å². The first-order valence-corrected chi connectivity index (χ1v) is 5.07. The van der Waals surface area contributed by atoms with E-state index in [1.807, 2.05) is 0 Å². The maximum absolute atomic E-state index is 10.8. The largest absolute Gasteiger partial charge is 0.493 e. The van der Waals surface area contributed by atoms with E-state index >= 15 is 0 Å². The van der Waals surface area contributed by atoms with Gasteiger partial charge >= 0.3 is 0 Å². The maximum atomic E-state index is 10.8. The van der Waals surface area contributed by atoms with E-state index in [2.05, 4.69) is 0 Å². The second kappa shape index (κ2) is 6.85. The average molecular weight is 224 g/mol. The summed E-state index contributed by atoms with van der Waals surface area (Å²) in [5, 5.41) is 0. The van der Waals surface area contributed by atoms with Crippen molar-refractivity contribution < 1.29 is 19.0 Å². The van der Waals surface area contributed by atoms with E-state index in [9.17, 15) is 4.79 Å². The number of methoxy groups -OCH3 is 2. The van der Waals surface area contributed by atoms with Gasteiger partial charge in [-0.1, -0.05) is 6.07 Å². The summed E-state index contributed by atoms with van der Waals surface area (Å²) in [5.74, 6) is 1.07. The molecule has 0 aromatic heterocycles. The van der Waals surface area contributed by atoms with Crippen LogP contribution in [0.3, 0.4) is 0 Å². The highest BCUT2D eigenvalue weighted by atomic mass is 16.5. The molecule has 0 atom stereocenters. The molecule has 0 aliphatic rings. The zero-order chi connectivity index (χ0) is 11.8.